The van der Waals surface area contributed by atoms with E-state index < -0.39 is 17.8 Å². The van der Waals surface area contributed by atoms with Crippen LogP contribution < -0.4 is 10.1 Å². The van der Waals surface area contributed by atoms with Crippen molar-refractivity contribution in [3.05, 3.63) is 71.0 Å². The van der Waals surface area contributed by atoms with Gasteiger partial charge in [0.1, 0.15) is 5.75 Å². The molecule has 1 heterocycles. The van der Waals surface area contributed by atoms with Crippen LogP contribution in [0.5, 0.6) is 5.75 Å². The van der Waals surface area contributed by atoms with E-state index in [0.29, 0.717) is 23.6 Å². The lowest BCUT2D eigenvalue weighted by Crippen LogP contribution is -2.39. The average Bonchev–Trinajstić information content (AvgIpc) is 3.20. The number of hydrogen-bond acceptors (Lipinski definition) is 5. The standard InChI is InChI=1S/C20H20F3N5O2/c1-30-17-4-2-3-14(10-17)11-19(29)24-16(12-18-25-27-28-26-18)9-13-5-7-15(8-6-13)20(21,22)23/h2-8,10,16H,9,11-12H2,1H3,(H,24,29)(H,25,26,27,28)/t16-/m0/s1. The molecule has 0 fully saturated rings. The number of hydrogen-bond donors (Lipinski definition) is 2. The molecular formula is C20H20F3N5O2. The number of benzene rings is 2. The molecule has 1 amide bonds. The maximum Gasteiger partial charge on any atom is 0.416 e. The van der Waals surface area contributed by atoms with Gasteiger partial charge in [0, 0.05) is 12.5 Å². The van der Waals surface area contributed by atoms with Gasteiger partial charge in [0.25, 0.3) is 0 Å². The lowest BCUT2D eigenvalue weighted by atomic mass is 10.0. The summed E-state index contributed by atoms with van der Waals surface area (Å²) in [4.78, 5) is 12.6. The van der Waals surface area contributed by atoms with E-state index in [4.69, 9.17) is 4.74 Å². The van der Waals surface area contributed by atoms with Crippen molar-refractivity contribution in [1.82, 2.24) is 25.9 Å². The Hall–Kier alpha value is -3.43. The minimum atomic E-state index is -4.40. The van der Waals surface area contributed by atoms with Gasteiger partial charge in [0.2, 0.25) is 5.91 Å². The van der Waals surface area contributed by atoms with Crippen LogP contribution in [0.4, 0.5) is 13.2 Å². The summed E-state index contributed by atoms with van der Waals surface area (Å²) in [6.07, 6.45) is -3.67. The number of nitrogens with one attached hydrogen (secondary N) is 2. The number of halogens is 3. The van der Waals surface area contributed by atoms with Crippen LogP contribution in [0.15, 0.2) is 48.5 Å². The minimum absolute atomic E-state index is 0.132. The molecule has 0 bridgehead atoms. The number of H-pyrrole nitrogens is 1. The summed E-state index contributed by atoms with van der Waals surface area (Å²) < 4.78 is 43.5. The second-order valence-corrected chi connectivity index (χ2v) is 6.72. The van der Waals surface area contributed by atoms with E-state index in [1.165, 1.54) is 12.1 Å². The van der Waals surface area contributed by atoms with Crippen molar-refractivity contribution >= 4 is 5.91 Å². The molecule has 0 aliphatic heterocycles. The smallest absolute Gasteiger partial charge is 0.416 e. The zero-order valence-corrected chi connectivity index (χ0v) is 16.1. The van der Waals surface area contributed by atoms with Crippen LogP contribution >= 0.6 is 0 Å². The van der Waals surface area contributed by atoms with Crippen molar-refractivity contribution in [2.75, 3.05) is 7.11 Å². The molecule has 2 N–H and O–H groups in total. The molecule has 3 aromatic rings. The SMILES string of the molecule is COc1cccc(CC(=O)N[C@@H](Cc2ccc(C(F)(F)F)cc2)Cc2nn[nH]n2)c1. The summed E-state index contributed by atoms with van der Waals surface area (Å²) in [6.45, 7) is 0. The number of ether oxygens (including phenoxy) is 1. The Morgan fingerprint density at radius 3 is 2.53 bits per heavy atom. The first-order valence-electron chi connectivity index (χ1n) is 9.14. The van der Waals surface area contributed by atoms with Crippen molar-refractivity contribution in [3.63, 3.8) is 0 Å². The van der Waals surface area contributed by atoms with E-state index in [2.05, 4.69) is 25.9 Å². The minimum Gasteiger partial charge on any atom is -0.497 e. The Morgan fingerprint density at radius 1 is 1.13 bits per heavy atom. The molecule has 0 unspecified atom stereocenters. The van der Waals surface area contributed by atoms with Gasteiger partial charge >= 0.3 is 6.18 Å². The number of aromatic amines is 1. The summed E-state index contributed by atoms with van der Waals surface area (Å²) in [6, 6.07) is 11.6. The van der Waals surface area contributed by atoms with Gasteiger partial charge < -0.3 is 10.1 Å². The van der Waals surface area contributed by atoms with E-state index >= 15 is 0 Å². The molecule has 30 heavy (non-hydrogen) atoms. The van der Waals surface area contributed by atoms with Crippen molar-refractivity contribution < 1.29 is 22.7 Å². The van der Waals surface area contributed by atoms with Crippen LogP contribution in [0.1, 0.15) is 22.5 Å². The number of aromatic nitrogens is 4. The first-order chi connectivity index (χ1) is 14.3. The fraction of sp³-hybridized carbons (Fsp3) is 0.300. The quantitative estimate of drug-likeness (QED) is 0.586. The van der Waals surface area contributed by atoms with Crippen LogP contribution in [-0.4, -0.2) is 39.7 Å². The molecule has 1 atom stereocenters. The molecule has 7 nitrogen and oxygen atoms in total. The number of nitrogens with zero attached hydrogens (tertiary/aromatic N) is 3. The molecule has 0 saturated heterocycles. The van der Waals surface area contributed by atoms with Crippen LogP contribution in [0.3, 0.4) is 0 Å². The highest BCUT2D eigenvalue weighted by atomic mass is 19.4. The van der Waals surface area contributed by atoms with Crippen molar-refractivity contribution in [1.29, 1.82) is 0 Å². The first kappa shape index (κ1) is 21.3. The topological polar surface area (TPSA) is 92.8 Å². The van der Waals surface area contributed by atoms with Crippen molar-refractivity contribution in [3.8, 4) is 5.75 Å². The summed E-state index contributed by atoms with van der Waals surface area (Å²) in [7, 11) is 1.55. The van der Waals surface area contributed by atoms with E-state index in [0.717, 1.165) is 17.7 Å². The normalized spacial score (nSPS) is 12.4. The van der Waals surface area contributed by atoms with Gasteiger partial charge in [-0.2, -0.15) is 18.4 Å². The molecule has 158 valence electrons. The molecule has 0 aliphatic carbocycles. The van der Waals surface area contributed by atoms with Crippen LogP contribution in [0.2, 0.25) is 0 Å². The molecule has 2 aromatic carbocycles. The zero-order chi connectivity index (χ0) is 21.6. The van der Waals surface area contributed by atoms with Gasteiger partial charge in [-0.1, -0.05) is 29.5 Å². The van der Waals surface area contributed by atoms with Gasteiger partial charge in [0.05, 0.1) is 19.1 Å². The third-order valence-corrected chi connectivity index (χ3v) is 4.45. The maximum atomic E-state index is 12.8. The highest BCUT2D eigenvalue weighted by Gasteiger charge is 2.30. The van der Waals surface area contributed by atoms with E-state index in [1.54, 1.807) is 25.3 Å². The van der Waals surface area contributed by atoms with E-state index in [-0.39, 0.29) is 18.7 Å². The van der Waals surface area contributed by atoms with Crippen LogP contribution in [0, 0.1) is 0 Å². The fourth-order valence-electron chi connectivity index (χ4n) is 3.02. The zero-order valence-electron chi connectivity index (χ0n) is 16.1. The lowest BCUT2D eigenvalue weighted by Gasteiger charge is -2.18. The van der Waals surface area contributed by atoms with E-state index in [1.807, 2.05) is 6.07 Å². The van der Waals surface area contributed by atoms with Crippen LogP contribution in [0.25, 0.3) is 0 Å². The Bertz CT molecular complexity index is 959. The largest absolute Gasteiger partial charge is 0.497 e. The van der Waals surface area contributed by atoms with Crippen molar-refractivity contribution in [2.24, 2.45) is 0 Å². The number of methoxy groups -OCH3 is 1. The third kappa shape index (κ3) is 6.03. The predicted octanol–water partition coefficient (Wildman–Crippen LogP) is 2.74. The second kappa shape index (κ2) is 9.38. The molecular weight excluding hydrogens is 399 g/mol. The molecule has 1 aromatic heterocycles. The number of alkyl halides is 3. The molecule has 0 aliphatic rings. The Balaban J connectivity index is 1.69. The molecule has 10 heteroatoms. The van der Waals surface area contributed by atoms with Gasteiger partial charge in [-0.05, 0) is 41.8 Å². The number of tetrazole rings is 1. The highest BCUT2D eigenvalue weighted by Crippen LogP contribution is 2.29. The highest BCUT2D eigenvalue weighted by molar-refractivity contribution is 5.79. The predicted molar refractivity (Wildman–Crippen MR) is 102 cm³/mol. The van der Waals surface area contributed by atoms with Gasteiger partial charge in [-0.15, -0.1) is 10.2 Å². The Labute approximate surface area is 170 Å². The number of carbonyl (C=O) groups is 1. The Kier molecular flexibility index (Phi) is 6.65. The second-order valence-electron chi connectivity index (χ2n) is 6.72. The number of rotatable bonds is 8. The summed E-state index contributed by atoms with van der Waals surface area (Å²) in [5, 5.41) is 16.5. The van der Waals surface area contributed by atoms with Gasteiger partial charge in [-0.3, -0.25) is 4.79 Å². The summed E-state index contributed by atoms with van der Waals surface area (Å²) in [5.74, 6) is 0.811. The van der Waals surface area contributed by atoms with Gasteiger partial charge in [-0.25, -0.2) is 0 Å². The van der Waals surface area contributed by atoms with Gasteiger partial charge in [0.15, 0.2) is 5.82 Å². The molecule has 3 rings (SSSR count). The molecule has 0 radical (unpaired) electrons. The lowest BCUT2D eigenvalue weighted by molar-refractivity contribution is -0.137. The molecule has 0 saturated carbocycles. The third-order valence-electron chi connectivity index (χ3n) is 4.45. The summed E-state index contributed by atoms with van der Waals surface area (Å²) in [5.41, 5.74) is 0.709. The number of carbonyl (C=O) groups excluding carboxylic acids is 1. The maximum absolute atomic E-state index is 12.8. The molecule has 0 spiro atoms. The number of amides is 1. The summed E-state index contributed by atoms with van der Waals surface area (Å²) >= 11 is 0. The van der Waals surface area contributed by atoms with Crippen LogP contribution in [-0.2, 0) is 30.2 Å². The monoisotopic (exact) mass is 419 g/mol. The first-order valence-corrected chi connectivity index (χ1v) is 9.14. The average molecular weight is 419 g/mol. The Morgan fingerprint density at radius 2 is 1.90 bits per heavy atom. The van der Waals surface area contributed by atoms with Crippen molar-refractivity contribution in [2.45, 2.75) is 31.5 Å². The van der Waals surface area contributed by atoms with E-state index in [9.17, 15) is 18.0 Å². The fourth-order valence-corrected chi connectivity index (χ4v) is 3.02.